The molecule has 0 radical (unpaired) electrons. The van der Waals surface area contributed by atoms with Crippen molar-refractivity contribution in [2.24, 2.45) is 0 Å². The molecule has 0 bridgehead atoms. The molecule has 0 saturated carbocycles. The van der Waals surface area contributed by atoms with Crippen LogP contribution in [0.2, 0.25) is 0 Å². The van der Waals surface area contributed by atoms with Gasteiger partial charge in [-0.15, -0.1) is 0 Å². The molecule has 0 aromatic rings. The molecule has 0 aliphatic rings. The average Bonchev–Trinajstić information content (AvgIpc) is 2.42. The molecule has 0 fully saturated rings. The van der Waals surface area contributed by atoms with Crippen LogP contribution in [-0.2, 0) is 33.4 Å². The number of methoxy groups -OCH3 is 3. The first-order chi connectivity index (χ1) is 8.94. The maximum Gasteiger partial charge on any atom is 0.328 e. The van der Waals surface area contributed by atoms with Crippen LogP contribution in [0.15, 0.2) is 0 Å². The highest BCUT2D eigenvalue weighted by Crippen LogP contribution is 2.00. The zero-order valence-electron chi connectivity index (χ0n) is 11.1. The van der Waals surface area contributed by atoms with Gasteiger partial charge in [-0.1, -0.05) is 0 Å². The Morgan fingerprint density at radius 2 is 1.47 bits per heavy atom. The summed E-state index contributed by atoms with van der Waals surface area (Å²) < 4.78 is 13.2. The van der Waals surface area contributed by atoms with Gasteiger partial charge in [-0.05, 0) is 0 Å². The van der Waals surface area contributed by atoms with Gasteiger partial charge in [0.1, 0.15) is 6.04 Å². The number of carbonyl (C=O) groups excluding carboxylic acids is 4. The molecule has 0 spiro atoms. The Bertz CT molecular complexity index is 353. The third-order valence-electron chi connectivity index (χ3n) is 2.20. The largest absolute Gasteiger partial charge is 0.469 e. The van der Waals surface area contributed by atoms with Crippen LogP contribution in [0.5, 0.6) is 0 Å². The molecule has 108 valence electrons. The molecule has 8 nitrogen and oxygen atoms in total. The zero-order valence-corrected chi connectivity index (χ0v) is 11.1. The van der Waals surface area contributed by atoms with Gasteiger partial charge >= 0.3 is 17.9 Å². The van der Waals surface area contributed by atoms with E-state index in [1.54, 1.807) is 0 Å². The highest BCUT2D eigenvalue weighted by molar-refractivity contribution is 5.89. The lowest BCUT2D eigenvalue weighted by Gasteiger charge is -2.15. The average molecular weight is 275 g/mol. The minimum Gasteiger partial charge on any atom is -0.469 e. The molecule has 1 N–H and O–H groups in total. The molecule has 0 aliphatic carbocycles. The molecule has 19 heavy (non-hydrogen) atoms. The second-order valence-corrected chi connectivity index (χ2v) is 3.50. The summed E-state index contributed by atoms with van der Waals surface area (Å²) in [6, 6.07) is -1.14. The van der Waals surface area contributed by atoms with E-state index in [1.165, 1.54) is 7.11 Å². The molecule has 0 aromatic carbocycles. The lowest BCUT2D eigenvalue weighted by Crippen LogP contribution is -2.43. The van der Waals surface area contributed by atoms with Crippen molar-refractivity contribution in [3.63, 3.8) is 0 Å². The quantitative estimate of drug-likeness (QED) is 0.476. The molecule has 0 saturated heterocycles. The molecule has 0 aromatic heterocycles. The van der Waals surface area contributed by atoms with Crippen LogP contribution >= 0.6 is 0 Å². The van der Waals surface area contributed by atoms with Crippen molar-refractivity contribution in [1.29, 1.82) is 0 Å². The maximum absolute atomic E-state index is 11.5. The second-order valence-electron chi connectivity index (χ2n) is 3.50. The Morgan fingerprint density at radius 1 is 0.895 bits per heavy atom. The van der Waals surface area contributed by atoms with Gasteiger partial charge in [0.2, 0.25) is 5.91 Å². The van der Waals surface area contributed by atoms with E-state index in [0.29, 0.717) is 0 Å². The van der Waals surface area contributed by atoms with Crippen molar-refractivity contribution in [1.82, 2.24) is 5.32 Å². The summed E-state index contributed by atoms with van der Waals surface area (Å²) in [5.41, 5.74) is 0. The normalized spacial score (nSPS) is 11.1. The molecule has 1 atom stereocenters. The number of hydrogen-bond acceptors (Lipinski definition) is 7. The monoisotopic (exact) mass is 275 g/mol. The number of nitrogens with one attached hydrogen (secondary N) is 1. The summed E-state index contributed by atoms with van der Waals surface area (Å²) in [4.78, 5) is 44.8. The van der Waals surface area contributed by atoms with Crippen LogP contribution in [-0.4, -0.2) is 51.2 Å². The Labute approximate surface area is 110 Å². The number of esters is 3. The minimum absolute atomic E-state index is 0.117. The lowest BCUT2D eigenvalue weighted by molar-refractivity contribution is -0.151. The van der Waals surface area contributed by atoms with Crippen LogP contribution in [0.3, 0.4) is 0 Å². The number of hydrogen-bond donors (Lipinski definition) is 1. The fraction of sp³-hybridized carbons (Fsp3) is 0.636. The van der Waals surface area contributed by atoms with Crippen molar-refractivity contribution in [2.75, 3.05) is 21.3 Å². The molecule has 0 unspecified atom stereocenters. The van der Waals surface area contributed by atoms with Crippen molar-refractivity contribution in [2.45, 2.75) is 25.3 Å². The van der Waals surface area contributed by atoms with E-state index in [2.05, 4.69) is 19.5 Å². The summed E-state index contributed by atoms with van der Waals surface area (Å²) in [6.07, 6.45) is -0.608. The number of rotatable bonds is 7. The highest BCUT2D eigenvalue weighted by atomic mass is 16.5. The Morgan fingerprint density at radius 3 is 1.95 bits per heavy atom. The van der Waals surface area contributed by atoms with Crippen molar-refractivity contribution in [3.8, 4) is 0 Å². The third-order valence-corrected chi connectivity index (χ3v) is 2.20. The van der Waals surface area contributed by atoms with Crippen molar-refractivity contribution in [3.05, 3.63) is 0 Å². The Balaban J connectivity index is 4.38. The summed E-state index contributed by atoms with van der Waals surface area (Å²) in [5, 5.41) is 2.29. The van der Waals surface area contributed by atoms with E-state index in [0.717, 1.165) is 14.2 Å². The van der Waals surface area contributed by atoms with E-state index in [4.69, 9.17) is 0 Å². The predicted molar refractivity (Wildman–Crippen MR) is 61.8 cm³/mol. The van der Waals surface area contributed by atoms with E-state index in [9.17, 15) is 19.2 Å². The number of amides is 1. The van der Waals surface area contributed by atoms with Crippen LogP contribution in [0, 0.1) is 0 Å². The standard InChI is InChI=1S/C11H17NO7/c1-17-9(14)5-4-8(13)12-7(11(16)19-3)6-10(15)18-2/h7H,4-6H2,1-3H3,(H,12,13)/t7-/m1/s1. The SMILES string of the molecule is COC(=O)CCC(=O)N[C@H](CC(=O)OC)C(=O)OC. The summed E-state index contributed by atoms with van der Waals surface area (Å²) >= 11 is 0. The zero-order chi connectivity index (χ0) is 14.8. The van der Waals surface area contributed by atoms with Gasteiger partial charge in [0.25, 0.3) is 0 Å². The van der Waals surface area contributed by atoms with Crippen molar-refractivity contribution < 1.29 is 33.4 Å². The molecular formula is C11H17NO7. The fourth-order valence-corrected chi connectivity index (χ4v) is 1.17. The first-order valence-corrected chi connectivity index (χ1v) is 5.45. The van der Waals surface area contributed by atoms with Gasteiger partial charge in [0.05, 0.1) is 34.2 Å². The van der Waals surface area contributed by atoms with Crippen LogP contribution in [0.25, 0.3) is 0 Å². The first-order valence-electron chi connectivity index (χ1n) is 5.45. The molecular weight excluding hydrogens is 258 g/mol. The van der Waals surface area contributed by atoms with Gasteiger partial charge in [-0.25, -0.2) is 4.79 Å². The molecule has 8 heteroatoms. The summed E-state index contributed by atoms with van der Waals surface area (Å²) in [7, 11) is 3.50. The van der Waals surface area contributed by atoms with Gasteiger partial charge in [-0.3, -0.25) is 14.4 Å². The third kappa shape index (κ3) is 7.02. The van der Waals surface area contributed by atoms with E-state index >= 15 is 0 Å². The summed E-state index contributed by atoms with van der Waals surface area (Å²) in [5.74, 6) is -2.54. The first kappa shape index (κ1) is 16.9. The maximum atomic E-state index is 11.5. The second kappa shape index (κ2) is 8.90. The molecule has 1 amide bonds. The van der Waals surface area contributed by atoms with Gasteiger partial charge < -0.3 is 19.5 Å². The fourth-order valence-electron chi connectivity index (χ4n) is 1.17. The van der Waals surface area contributed by atoms with E-state index in [1.807, 2.05) is 0 Å². The van der Waals surface area contributed by atoms with Gasteiger partial charge in [0.15, 0.2) is 0 Å². The number of ether oxygens (including phenoxy) is 3. The van der Waals surface area contributed by atoms with Gasteiger partial charge in [-0.2, -0.15) is 0 Å². The van der Waals surface area contributed by atoms with Gasteiger partial charge in [0, 0.05) is 6.42 Å². The topological polar surface area (TPSA) is 108 Å². The molecule has 0 rings (SSSR count). The Kier molecular flexibility index (Phi) is 7.90. The van der Waals surface area contributed by atoms with E-state index < -0.39 is 29.9 Å². The lowest BCUT2D eigenvalue weighted by atomic mass is 10.2. The smallest absolute Gasteiger partial charge is 0.328 e. The molecule has 0 aliphatic heterocycles. The molecule has 0 heterocycles. The van der Waals surface area contributed by atoms with Crippen LogP contribution in [0.1, 0.15) is 19.3 Å². The predicted octanol–water partition coefficient (Wildman–Crippen LogP) is -0.839. The Hall–Kier alpha value is -2.12. The minimum atomic E-state index is -1.14. The van der Waals surface area contributed by atoms with Crippen molar-refractivity contribution >= 4 is 23.8 Å². The van der Waals surface area contributed by atoms with E-state index in [-0.39, 0.29) is 19.3 Å². The summed E-state index contributed by atoms with van der Waals surface area (Å²) in [6.45, 7) is 0. The van der Waals surface area contributed by atoms with Crippen LogP contribution < -0.4 is 5.32 Å². The van der Waals surface area contributed by atoms with Crippen LogP contribution in [0.4, 0.5) is 0 Å². The highest BCUT2D eigenvalue weighted by Gasteiger charge is 2.25. The number of carbonyl (C=O) groups is 4.